The van der Waals surface area contributed by atoms with Crippen molar-refractivity contribution in [3.05, 3.63) is 188 Å². The van der Waals surface area contributed by atoms with Gasteiger partial charge in [0.2, 0.25) is 0 Å². The van der Waals surface area contributed by atoms with E-state index in [-0.39, 0.29) is 29.7 Å². The summed E-state index contributed by atoms with van der Waals surface area (Å²) in [6.07, 6.45) is 0. The topological polar surface area (TPSA) is 65.0 Å². The Morgan fingerprint density at radius 1 is 0.339 bits per heavy atom. The molecule has 11 rings (SSSR count). The number of para-hydroxylation sites is 3. The molecule has 0 aliphatic carbocycles. The van der Waals surface area contributed by atoms with Crippen LogP contribution in [0, 0.1) is 0 Å². The van der Waals surface area contributed by atoms with Crippen molar-refractivity contribution < 1.29 is 15.7 Å². The Bertz CT molecular complexity index is 3500. The highest BCUT2D eigenvalue weighted by Crippen LogP contribution is 2.41. The summed E-state index contributed by atoms with van der Waals surface area (Å²) in [6.45, 7) is 0. The molecule has 0 atom stereocenters. The highest BCUT2D eigenvalue weighted by Gasteiger charge is 2.20. The van der Waals surface area contributed by atoms with E-state index in [0.717, 1.165) is 71.7 Å². The number of benzene rings is 8. The van der Waals surface area contributed by atoms with Crippen molar-refractivity contribution in [3.8, 4) is 67.5 Å². The summed E-state index contributed by atoms with van der Waals surface area (Å²) >= 11 is 0. The van der Waals surface area contributed by atoms with Gasteiger partial charge in [0, 0.05) is 49.4 Å². The van der Waals surface area contributed by atoms with Crippen molar-refractivity contribution in [2.45, 2.75) is 0 Å². The zero-order chi connectivity index (χ0) is 41.4. The predicted octanol–water partition coefficient (Wildman–Crippen LogP) is 13.7. The first kappa shape index (κ1) is 27.0. The van der Waals surface area contributed by atoms with Crippen LogP contribution in [0.15, 0.2) is 197 Å². The van der Waals surface area contributed by atoms with Crippen LogP contribution in [-0.2, 0) is 0 Å². The van der Waals surface area contributed by atoms with E-state index in [1.807, 2.05) is 109 Å². The van der Waals surface area contributed by atoms with Gasteiger partial charge in [-0.3, -0.25) is 0 Å². The van der Waals surface area contributed by atoms with Gasteiger partial charge < -0.3 is 8.83 Å². The third-order valence-electron chi connectivity index (χ3n) is 10.3. The van der Waals surface area contributed by atoms with Crippen LogP contribution in [0.25, 0.3) is 111 Å². The fourth-order valence-electron chi connectivity index (χ4n) is 7.59. The molecule has 0 aliphatic heterocycles. The molecule has 0 saturated carbocycles. The van der Waals surface area contributed by atoms with Gasteiger partial charge in [0.1, 0.15) is 22.3 Å². The molecule has 3 aromatic heterocycles. The molecule has 3 heterocycles. The van der Waals surface area contributed by atoms with E-state index >= 15 is 0 Å². The highest BCUT2D eigenvalue weighted by atomic mass is 16.3. The number of furan rings is 2. The summed E-state index contributed by atoms with van der Waals surface area (Å²) in [4.78, 5) is 15.2. The van der Waals surface area contributed by atoms with Crippen molar-refractivity contribution in [1.29, 1.82) is 0 Å². The minimum Gasteiger partial charge on any atom is -0.455 e. The lowest BCUT2D eigenvalue weighted by Gasteiger charge is -2.10. The lowest BCUT2D eigenvalue weighted by Crippen LogP contribution is -2.00. The van der Waals surface area contributed by atoms with E-state index in [1.54, 1.807) is 12.1 Å². The standard InChI is InChI=1S/C51H31N3O2/c1-3-12-32(13-4-1)33-24-26-34(27-25-33)39-18-10-20-42-46-43(21-11-23-45(46)56-48(39)42)51-53-49(36-14-5-2-6-15-36)52-50(54-51)37-30-28-35(29-31-37)38-17-9-19-41-40-16-7-8-22-44(40)55-47(38)41/h1-31H/i1D,3D,4D,12D,13D. The molecular weight excluding hydrogens is 687 g/mol. The second-order valence-corrected chi connectivity index (χ2v) is 13.6. The third kappa shape index (κ3) is 5.37. The second kappa shape index (κ2) is 13.0. The molecule has 8 aromatic carbocycles. The minimum absolute atomic E-state index is 0.159. The van der Waals surface area contributed by atoms with Gasteiger partial charge in [-0.2, -0.15) is 0 Å². The first-order valence-corrected chi connectivity index (χ1v) is 18.3. The van der Waals surface area contributed by atoms with E-state index in [9.17, 15) is 0 Å². The summed E-state index contributed by atoms with van der Waals surface area (Å²) in [5.41, 5.74) is 9.92. The van der Waals surface area contributed by atoms with Gasteiger partial charge in [0.25, 0.3) is 0 Å². The Morgan fingerprint density at radius 3 is 1.57 bits per heavy atom. The number of hydrogen-bond acceptors (Lipinski definition) is 5. The first-order valence-electron chi connectivity index (χ1n) is 20.8. The van der Waals surface area contributed by atoms with Crippen LogP contribution in [0.2, 0.25) is 0 Å². The largest absolute Gasteiger partial charge is 0.455 e. The molecule has 5 nitrogen and oxygen atoms in total. The smallest absolute Gasteiger partial charge is 0.164 e. The molecule has 5 heteroatoms. The summed E-state index contributed by atoms with van der Waals surface area (Å²) in [5, 5.41) is 3.90. The number of aromatic nitrogens is 3. The molecule has 262 valence electrons. The molecular formula is C51H31N3O2. The monoisotopic (exact) mass is 722 g/mol. The van der Waals surface area contributed by atoms with Gasteiger partial charge in [0.05, 0.1) is 6.85 Å². The van der Waals surface area contributed by atoms with Crippen LogP contribution in [-0.4, -0.2) is 15.0 Å². The Morgan fingerprint density at radius 2 is 0.839 bits per heavy atom. The number of fused-ring (bicyclic) bond motifs is 6. The maximum Gasteiger partial charge on any atom is 0.164 e. The van der Waals surface area contributed by atoms with Gasteiger partial charge in [-0.05, 0) is 34.4 Å². The van der Waals surface area contributed by atoms with Crippen LogP contribution < -0.4 is 0 Å². The first-order chi connectivity index (χ1) is 29.8. The summed E-state index contributed by atoms with van der Waals surface area (Å²) in [6, 6.07) is 50.0. The predicted molar refractivity (Wildman–Crippen MR) is 227 cm³/mol. The second-order valence-electron chi connectivity index (χ2n) is 13.6. The Labute approximate surface area is 329 Å². The molecule has 0 saturated heterocycles. The molecule has 11 aromatic rings. The normalized spacial score (nSPS) is 12.8. The van der Waals surface area contributed by atoms with Crippen LogP contribution in [0.3, 0.4) is 0 Å². The fourth-order valence-corrected chi connectivity index (χ4v) is 7.59. The van der Waals surface area contributed by atoms with Crippen LogP contribution in [0.5, 0.6) is 0 Å². The van der Waals surface area contributed by atoms with E-state index in [0.29, 0.717) is 34.2 Å². The van der Waals surface area contributed by atoms with E-state index < -0.39 is 6.04 Å². The zero-order valence-electron chi connectivity index (χ0n) is 34.7. The third-order valence-corrected chi connectivity index (χ3v) is 10.3. The molecule has 56 heavy (non-hydrogen) atoms. The maximum absolute atomic E-state index is 8.45. The summed E-state index contributed by atoms with van der Waals surface area (Å²) < 4.78 is 54.1. The van der Waals surface area contributed by atoms with Crippen molar-refractivity contribution in [3.63, 3.8) is 0 Å². The van der Waals surface area contributed by atoms with Crippen LogP contribution in [0.1, 0.15) is 6.85 Å². The molecule has 0 aliphatic rings. The van der Waals surface area contributed by atoms with E-state index in [1.165, 1.54) is 0 Å². The lowest BCUT2D eigenvalue weighted by molar-refractivity contribution is 0.669. The van der Waals surface area contributed by atoms with E-state index in [4.69, 9.17) is 30.6 Å². The van der Waals surface area contributed by atoms with Gasteiger partial charge in [-0.1, -0.05) is 176 Å². The molecule has 0 spiro atoms. The van der Waals surface area contributed by atoms with Crippen LogP contribution >= 0.6 is 0 Å². The van der Waals surface area contributed by atoms with Gasteiger partial charge in [-0.15, -0.1) is 0 Å². The molecule has 0 N–H and O–H groups in total. The Balaban J connectivity index is 1.01. The van der Waals surface area contributed by atoms with Crippen LogP contribution in [0.4, 0.5) is 0 Å². The Kier molecular flexibility index (Phi) is 6.29. The summed E-state index contributed by atoms with van der Waals surface area (Å²) in [7, 11) is 0. The molecule has 0 bridgehead atoms. The van der Waals surface area contributed by atoms with Gasteiger partial charge >= 0.3 is 0 Å². The number of hydrogen-bond donors (Lipinski definition) is 0. The summed E-state index contributed by atoms with van der Waals surface area (Å²) in [5.74, 6) is 1.57. The van der Waals surface area contributed by atoms with Crippen molar-refractivity contribution in [1.82, 2.24) is 15.0 Å². The van der Waals surface area contributed by atoms with Crippen molar-refractivity contribution >= 4 is 43.9 Å². The van der Waals surface area contributed by atoms with Crippen molar-refractivity contribution in [2.24, 2.45) is 0 Å². The zero-order valence-corrected chi connectivity index (χ0v) is 29.7. The molecule has 0 amide bonds. The molecule has 0 fully saturated rings. The number of nitrogens with zero attached hydrogens (tertiary/aromatic N) is 3. The fraction of sp³-hybridized carbons (Fsp3) is 0. The van der Waals surface area contributed by atoms with Gasteiger partial charge in [-0.25, -0.2) is 15.0 Å². The lowest BCUT2D eigenvalue weighted by atomic mass is 9.98. The SMILES string of the molecule is [2H]c1c([2H])c([2H])c(-c2ccc(-c3cccc4c3oc3cccc(-c5nc(-c6ccccc6)nc(-c6ccc(-c7cccc8c7oc7ccccc78)cc6)n5)c34)cc2)c([2H])c1[2H]. The minimum atomic E-state index is -0.418. The quantitative estimate of drug-likeness (QED) is 0.171. The molecule has 0 unspecified atom stereocenters. The van der Waals surface area contributed by atoms with E-state index in [2.05, 4.69) is 36.4 Å². The average molecular weight is 723 g/mol. The average Bonchev–Trinajstić information content (AvgIpc) is 3.90. The number of rotatable bonds is 6. The van der Waals surface area contributed by atoms with Gasteiger partial charge in [0.15, 0.2) is 17.5 Å². The maximum atomic E-state index is 8.45. The Hall–Kier alpha value is -7.63. The highest BCUT2D eigenvalue weighted by molar-refractivity contribution is 6.15. The molecule has 0 radical (unpaired) electrons. The van der Waals surface area contributed by atoms with Crippen molar-refractivity contribution in [2.75, 3.05) is 0 Å².